The molecule has 0 aromatic heterocycles. The third kappa shape index (κ3) is 6.27. The molecular formula is C5H5Yb2-. The van der Waals surface area contributed by atoms with E-state index in [2.05, 4.69) is 0 Å². The predicted octanol–water partition coefficient (Wildman–Crippen LogP) is 1.41. The SMILES string of the molecule is [Yb].[Yb].c1cc[cH-]c1. The van der Waals surface area contributed by atoms with Crippen molar-refractivity contribution in [3.63, 3.8) is 0 Å². The van der Waals surface area contributed by atoms with Crippen molar-refractivity contribution in [3.8, 4) is 0 Å². The second kappa shape index (κ2) is 8.39. The molecule has 1 aromatic carbocycles. The Hall–Kier alpha value is 2.39. The summed E-state index contributed by atoms with van der Waals surface area (Å²) in [5.74, 6) is 0. The minimum Gasteiger partial charge on any atom is -0.214 e. The minimum atomic E-state index is 0. The topological polar surface area (TPSA) is 0 Å². The Kier molecular flexibility index (Phi) is 14.5. The van der Waals surface area contributed by atoms with Crippen LogP contribution < -0.4 is 0 Å². The van der Waals surface area contributed by atoms with Gasteiger partial charge in [0.05, 0.1) is 0 Å². The number of hydrogen-bond donors (Lipinski definition) is 0. The quantitative estimate of drug-likeness (QED) is 0.567. The summed E-state index contributed by atoms with van der Waals surface area (Å²) < 4.78 is 0. The van der Waals surface area contributed by atoms with E-state index >= 15 is 0 Å². The van der Waals surface area contributed by atoms with Crippen molar-refractivity contribution in [1.82, 2.24) is 0 Å². The van der Waals surface area contributed by atoms with Gasteiger partial charge in [0, 0.05) is 93.8 Å². The van der Waals surface area contributed by atoms with Gasteiger partial charge in [-0.25, -0.2) is 12.1 Å². The van der Waals surface area contributed by atoms with E-state index in [1.807, 2.05) is 30.3 Å². The van der Waals surface area contributed by atoms with E-state index in [1.165, 1.54) is 0 Å². The van der Waals surface area contributed by atoms with Crippen molar-refractivity contribution in [3.05, 3.63) is 30.3 Å². The van der Waals surface area contributed by atoms with E-state index in [0.29, 0.717) is 0 Å². The summed E-state index contributed by atoms with van der Waals surface area (Å²) in [7, 11) is 0. The maximum absolute atomic E-state index is 2.00. The average molecular weight is 411 g/mol. The van der Waals surface area contributed by atoms with Gasteiger partial charge < -0.3 is 0 Å². The van der Waals surface area contributed by atoms with E-state index in [1.54, 1.807) is 0 Å². The Morgan fingerprint density at radius 3 is 1.43 bits per heavy atom. The van der Waals surface area contributed by atoms with Gasteiger partial charge in [0.2, 0.25) is 0 Å². The van der Waals surface area contributed by atoms with Crippen LogP contribution in [0.4, 0.5) is 0 Å². The van der Waals surface area contributed by atoms with Gasteiger partial charge in [0.25, 0.3) is 0 Å². The van der Waals surface area contributed by atoms with Crippen molar-refractivity contribution in [2.75, 3.05) is 0 Å². The van der Waals surface area contributed by atoms with Gasteiger partial charge in [0.1, 0.15) is 0 Å². The van der Waals surface area contributed by atoms with E-state index in [0.717, 1.165) is 0 Å². The van der Waals surface area contributed by atoms with Crippen molar-refractivity contribution in [2.45, 2.75) is 0 Å². The van der Waals surface area contributed by atoms with Gasteiger partial charge in [-0.1, -0.05) is 0 Å². The van der Waals surface area contributed by atoms with Gasteiger partial charge >= 0.3 is 0 Å². The summed E-state index contributed by atoms with van der Waals surface area (Å²) in [6, 6.07) is 10.0. The van der Waals surface area contributed by atoms with Crippen LogP contribution in [0.15, 0.2) is 30.3 Å². The first-order valence-electron chi connectivity index (χ1n) is 1.67. The molecular weight excluding hydrogens is 406 g/mol. The van der Waals surface area contributed by atoms with Crippen LogP contribution in [0, 0.1) is 93.8 Å². The maximum atomic E-state index is 2.00. The Morgan fingerprint density at radius 1 is 0.857 bits per heavy atom. The largest absolute Gasteiger partial charge is 0.214 e. The first-order chi connectivity index (χ1) is 2.50. The van der Waals surface area contributed by atoms with Crippen LogP contribution >= 0.6 is 0 Å². The first-order valence-corrected chi connectivity index (χ1v) is 1.67. The molecule has 0 heterocycles. The maximum Gasteiger partial charge on any atom is 0 e. The summed E-state index contributed by atoms with van der Waals surface area (Å²) >= 11 is 0. The fourth-order valence-electron chi connectivity index (χ4n) is 0.321. The van der Waals surface area contributed by atoms with Gasteiger partial charge in [-0.2, -0.15) is 18.2 Å². The van der Waals surface area contributed by atoms with Crippen LogP contribution in [-0.2, 0) is 0 Å². The Balaban J connectivity index is 0. The van der Waals surface area contributed by atoms with Gasteiger partial charge in [-0.3, -0.25) is 0 Å². The van der Waals surface area contributed by atoms with Crippen LogP contribution in [-0.4, -0.2) is 0 Å². The van der Waals surface area contributed by atoms with E-state index < -0.39 is 0 Å². The molecule has 0 radical (unpaired) electrons. The molecule has 54 valence electrons. The summed E-state index contributed by atoms with van der Waals surface area (Å²) in [5, 5.41) is 0. The molecule has 1 aromatic rings. The van der Waals surface area contributed by atoms with Crippen molar-refractivity contribution >= 4 is 0 Å². The van der Waals surface area contributed by atoms with Gasteiger partial charge in [-0.05, 0) is 0 Å². The summed E-state index contributed by atoms with van der Waals surface area (Å²) in [4.78, 5) is 0. The fourth-order valence-corrected chi connectivity index (χ4v) is 0.321. The molecule has 0 aliphatic rings. The van der Waals surface area contributed by atoms with Crippen LogP contribution in [0.5, 0.6) is 0 Å². The second-order valence-electron chi connectivity index (χ2n) is 0.962. The zero-order chi connectivity index (χ0) is 3.54. The van der Waals surface area contributed by atoms with Crippen LogP contribution in [0.3, 0.4) is 0 Å². The molecule has 0 N–H and O–H groups in total. The van der Waals surface area contributed by atoms with Crippen LogP contribution in [0.25, 0.3) is 0 Å². The van der Waals surface area contributed by atoms with Crippen molar-refractivity contribution in [1.29, 1.82) is 0 Å². The van der Waals surface area contributed by atoms with E-state index in [-0.39, 0.29) is 93.8 Å². The van der Waals surface area contributed by atoms with Crippen LogP contribution in [0.2, 0.25) is 0 Å². The number of rotatable bonds is 0. The smallest absolute Gasteiger partial charge is 0 e. The van der Waals surface area contributed by atoms with Crippen LogP contribution in [0.1, 0.15) is 0 Å². The standard InChI is InChI=1S/C5H5.2Yb/c1-2-4-5-3-1;;/h1-5H;;/q-1;;. The Bertz CT molecular complexity index is 62.6. The molecule has 0 aliphatic heterocycles. The molecule has 0 nitrogen and oxygen atoms in total. The second-order valence-corrected chi connectivity index (χ2v) is 0.962. The molecule has 0 spiro atoms. The molecule has 0 saturated carbocycles. The molecule has 0 atom stereocenters. The van der Waals surface area contributed by atoms with Crippen molar-refractivity contribution < 1.29 is 93.8 Å². The molecule has 0 bridgehead atoms. The zero-order valence-electron chi connectivity index (χ0n) is 3.42. The Morgan fingerprint density at radius 2 is 1.29 bits per heavy atom. The average Bonchev–Trinajstić information content (AvgIpc) is 1.76. The Labute approximate surface area is 121 Å². The normalized spacial score (nSPS) is 5.71. The summed E-state index contributed by atoms with van der Waals surface area (Å²) in [6.07, 6.45) is 0. The molecule has 0 saturated heterocycles. The number of hydrogen-bond acceptors (Lipinski definition) is 0. The summed E-state index contributed by atoms with van der Waals surface area (Å²) in [6.45, 7) is 0. The molecule has 1 rings (SSSR count). The van der Waals surface area contributed by atoms with E-state index in [9.17, 15) is 0 Å². The first kappa shape index (κ1) is 12.1. The van der Waals surface area contributed by atoms with E-state index in [4.69, 9.17) is 0 Å². The molecule has 0 fully saturated rings. The predicted molar refractivity (Wildman–Crippen MR) is 22.0 cm³/mol. The van der Waals surface area contributed by atoms with Crippen molar-refractivity contribution in [2.24, 2.45) is 0 Å². The molecule has 2 heteroatoms. The van der Waals surface area contributed by atoms with Gasteiger partial charge in [0.15, 0.2) is 0 Å². The minimum absolute atomic E-state index is 0. The molecule has 0 aliphatic carbocycles. The fraction of sp³-hybridized carbons (Fsp3) is 0. The summed E-state index contributed by atoms with van der Waals surface area (Å²) in [5.41, 5.74) is 0. The zero-order valence-corrected chi connectivity index (χ0v) is 6.85. The molecule has 7 heavy (non-hydrogen) atoms. The monoisotopic (exact) mass is 413 g/mol. The third-order valence-corrected chi connectivity index (χ3v) is 0.556. The van der Waals surface area contributed by atoms with Gasteiger partial charge in [-0.15, -0.1) is 0 Å². The molecule has 0 unspecified atom stereocenters. The third-order valence-electron chi connectivity index (χ3n) is 0.556. The molecule has 0 amide bonds.